The number of nitrogens with zero attached hydrogens (tertiary/aromatic N) is 1. The van der Waals surface area contributed by atoms with Crippen molar-refractivity contribution in [3.05, 3.63) is 71.2 Å². The molecular weight excluding hydrogens is 332 g/mol. The van der Waals surface area contributed by atoms with Crippen molar-refractivity contribution in [2.24, 2.45) is 0 Å². The lowest BCUT2D eigenvalue weighted by Crippen LogP contribution is -2.10. The maximum absolute atomic E-state index is 12.1. The molecule has 0 radical (unpaired) electrons. The van der Waals surface area contributed by atoms with E-state index in [1.165, 1.54) is 0 Å². The first-order valence-electron chi connectivity index (χ1n) is 6.29. The quantitative estimate of drug-likeness (QED) is 0.769. The Morgan fingerprint density at radius 2 is 1.90 bits per heavy atom. The number of carbonyl (C=O) groups is 1. The summed E-state index contributed by atoms with van der Waals surface area (Å²) in [5, 5.41) is 2.73. The summed E-state index contributed by atoms with van der Waals surface area (Å²) >= 11 is 3.38. The number of hydrogen-bond donors (Lipinski definition) is 1. The molecule has 4 nitrogen and oxygen atoms in total. The monoisotopic (exact) mass is 342 g/mol. The minimum Gasteiger partial charge on any atom is -0.451 e. The summed E-state index contributed by atoms with van der Waals surface area (Å²) in [6, 6.07) is 14.6. The van der Waals surface area contributed by atoms with Crippen LogP contribution in [0.3, 0.4) is 0 Å². The fourth-order valence-corrected chi connectivity index (χ4v) is 2.12. The molecule has 0 bridgehead atoms. The van der Waals surface area contributed by atoms with Crippen LogP contribution >= 0.6 is 15.9 Å². The van der Waals surface area contributed by atoms with Crippen LogP contribution < -0.4 is 5.32 Å². The normalized spacial score (nSPS) is 10.3. The predicted molar refractivity (Wildman–Crippen MR) is 84.0 cm³/mol. The standard InChI is InChI=1S/C16H11BrN2O2/c17-12-5-3-11(4-6-12)14-7-8-15(21-14)16(20)19-13-2-1-9-18-10-13/h1-10H,(H,19,20). The molecule has 0 aliphatic heterocycles. The number of pyridine rings is 1. The Balaban J connectivity index is 1.78. The van der Waals surface area contributed by atoms with Gasteiger partial charge in [0.25, 0.3) is 5.91 Å². The highest BCUT2D eigenvalue weighted by Gasteiger charge is 2.12. The van der Waals surface area contributed by atoms with Gasteiger partial charge >= 0.3 is 0 Å². The van der Waals surface area contributed by atoms with Gasteiger partial charge in [0.15, 0.2) is 5.76 Å². The zero-order chi connectivity index (χ0) is 14.7. The summed E-state index contributed by atoms with van der Waals surface area (Å²) < 4.78 is 6.59. The maximum Gasteiger partial charge on any atom is 0.291 e. The first kappa shape index (κ1) is 13.6. The van der Waals surface area contributed by atoms with Gasteiger partial charge in [-0.05, 0) is 36.4 Å². The van der Waals surface area contributed by atoms with E-state index >= 15 is 0 Å². The number of carbonyl (C=O) groups excluding carboxylic acids is 1. The highest BCUT2D eigenvalue weighted by Crippen LogP contribution is 2.24. The molecule has 104 valence electrons. The maximum atomic E-state index is 12.1. The van der Waals surface area contributed by atoms with E-state index in [-0.39, 0.29) is 11.7 Å². The summed E-state index contributed by atoms with van der Waals surface area (Å²) in [6.45, 7) is 0. The number of hydrogen-bond acceptors (Lipinski definition) is 3. The first-order valence-corrected chi connectivity index (χ1v) is 7.09. The van der Waals surface area contributed by atoms with Gasteiger partial charge in [-0.2, -0.15) is 0 Å². The molecule has 0 atom stereocenters. The van der Waals surface area contributed by atoms with Gasteiger partial charge in [-0.1, -0.05) is 28.1 Å². The molecule has 1 N–H and O–H groups in total. The highest BCUT2D eigenvalue weighted by atomic mass is 79.9. The molecule has 0 unspecified atom stereocenters. The van der Waals surface area contributed by atoms with Gasteiger partial charge in [0.1, 0.15) is 5.76 Å². The van der Waals surface area contributed by atoms with Crippen LogP contribution in [0.15, 0.2) is 69.8 Å². The largest absolute Gasteiger partial charge is 0.451 e. The number of benzene rings is 1. The summed E-state index contributed by atoms with van der Waals surface area (Å²) in [5.41, 5.74) is 1.54. The number of rotatable bonds is 3. The van der Waals surface area contributed by atoms with Gasteiger partial charge in [0.05, 0.1) is 11.9 Å². The molecule has 2 aromatic heterocycles. The van der Waals surface area contributed by atoms with Crippen LogP contribution in [0.25, 0.3) is 11.3 Å². The molecule has 1 amide bonds. The molecule has 0 aliphatic rings. The predicted octanol–water partition coefficient (Wildman–Crippen LogP) is 4.36. The topological polar surface area (TPSA) is 55.1 Å². The fourth-order valence-electron chi connectivity index (χ4n) is 1.86. The number of halogens is 1. The van der Waals surface area contributed by atoms with Gasteiger partial charge in [0.2, 0.25) is 0 Å². The summed E-state index contributed by atoms with van der Waals surface area (Å²) in [7, 11) is 0. The molecule has 0 spiro atoms. The Morgan fingerprint density at radius 3 is 2.62 bits per heavy atom. The Hall–Kier alpha value is -2.40. The van der Waals surface area contributed by atoms with Crippen LogP contribution in [-0.2, 0) is 0 Å². The molecule has 2 heterocycles. The van der Waals surface area contributed by atoms with Crippen molar-refractivity contribution in [3.63, 3.8) is 0 Å². The summed E-state index contributed by atoms with van der Waals surface area (Å²) in [5.74, 6) is 0.613. The van der Waals surface area contributed by atoms with E-state index < -0.39 is 0 Å². The molecule has 0 fully saturated rings. The van der Waals surface area contributed by atoms with Crippen LogP contribution in [0.1, 0.15) is 10.6 Å². The number of amides is 1. The first-order chi connectivity index (χ1) is 10.2. The van der Waals surface area contributed by atoms with E-state index in [0.29, 0.717) is 11.4 Å². The smallest absolute Gasteiger partial charge is 0.291 e. The zero-order valence-electron chi connectivity index (χ0n) is 10.9. The third kappa shape index (κ3) is 3.20. The van der Waals surface area contributed by atoms with E-state index in [1.807, 2.05) is 24.3 Å². The van der Waals surface area contributed by atoms with Crippen LogP contribution in [0.2, 0.25) is 0 Å². The second-order valence-corrected chi connectivity index (χ2v) is 5.28. The SMILES string of the molecule is O=C(Nc1cccnc1)c1ccc(-c2ccc(Br)cc2)o1. The summed E-state index contributed by atoms with van der Waals surface area (Å²) in [4.78, 5) is 16.0. The van der Waals surface area contributed by atoms with Gasteiger partial charge in [-0.25, -0.2) is 0 Å². The van der Waals surface area contributed by atoms with E-state index in [1.54, 1.807) is 36.7 Å². The lowest BCUT2D eigenvalue weighted by molar-refractivity contribution is 0.0997. The van der Waals surface area contributed by atoms with Crippen LogP contribution in [0.5, 0.6) is 0 Å². The molecule has 0 aliphatic carbocycles. The molecular formula is C16H11BrN2O2. The third-order valence-corrected chi connectivity index (χ3v) is 3.41. The van der Waals surface area contributed by atoms with E-state index in [4.69, 9.17) is 4.42 Å². The molecule has 3 aromatic rings. The number of anilines is 1. The van der Waals surface area contributed by atoms with Crippen molar-refractivity contribution >= 4 is 27.5 Å². The van der Waals surface area contributed by atoms with Crippen molar-refractivity contribution in [3.8, 4) is 11.3 Å². The Kier molecular flexibility index (Phi) is 3.83. The van der Waals surface area contributed by atoms with Crippen molar-refractivity contribution in [2.45, 2.75) is 0 Å². The molecule has 5 heteroatoms. The Bertz CT molecular complexity index is 751. The average Bonchev–Trinajstić information content (AvgIpc) is 2.99. The molecule has 21 heavy (non-hydrogen) atoms. The van der Waals surface area contributed by atoms with Crippen molar-refractivity contribution in [2.75, 3.05) is 5.32 Å². The van der Waals surface area contributed by atoms with Crippen LogP contribution in [-0.4, -0.2) is 10.9 Å². The van der Waals surface area contributed by atoms with Crippen molar-refractivity contribution in [1.29, 1.82) is 0 Å². The highest BCUT2D eigenvalue weighted by molar-refractivity contribution is 9.10. The van der Waals surface area contributed by atoms with Crippen molar-refractivity contribution in [1.82, 2.24) is 4.98 Å². The zero-order valence-corrected chi connectivity index (χ0v) is 12.5. The van der Waals surface area contributed by atoms with E-state index in [9.17, 15) is 4.79 Å². The fraction of sp³-hybridized carbons (Fsp3) is 0. The molecule has 0 saturated heterocycles. The number of furan rings is 1. The van der Waals surface area contributed by atoms with E-state index in [0.717, 1.165) is 10.0 Å². The minimum absolute atomic E-state index is 0.261. The Labute approximate surface area is 130 Å². The lowest BCUT2D eigenvalue weighted by Gasteiger charge is -2.01. The average molecular weight is 343 g/mol. The molecule has 3 rings (SSSR count). The van der Waals surface area contributed by atoms with Gasteiger partial charge in [-0.15, -0.1) is 0 Å². The van der Waals surface area contributed by atoms with Gasteiger partial charge < -0.3 is 9.73 Å². The lowest BCUT2D eigenvalue weighted by atomic mass is 10.2. The molecule has 1 aromatic carbocycles. The third-order valence-electron chi connectivity index (χ3n) is 2.88. The van der Waals surface area contributed by atoms with Crippen molar-refractivity contribution < 1.29 is 9.21 Å². The summed E-state index contributed by atoms with van der Waals surface area (Å²) in [6.07, 6.45) is 3.23. The Morgan fingerprint density at radius 1 is 1.10 bits per heavy atom. The van der Waals surface area contributed by atoms with Gasteiger partial charge in [-0.3, -0.25) is 9.78 Å². The van der Waals surface area contributed by atoms with Crippen LogP contribution in [0.4, 0.5) is 5.69 Å². The second kappa shape index (κ2) is 5.93. The number of aromatic nitrogens is 1. The van der Waals surface area contributed by atoms with Gasteiger partial charge in [0, 0.05) is 16.2 Å². The second-order valence-electron chi connectivity index (χ2n) is 4.37. The minimum atomic E-state index is -0.300. The van der Waals surface area contributed by atoms with Crippen LogP contribution in [0, 0.1) is 0 Å². The molecule has 0 saturated carbocycles. The number of nitrogens with one attached hydrogen (secondary N) is 1. The van der Waals surface area contributed by atoms with E-state index in [2.05, 4.69) is 26.2 Å².